The number of guanidine groups is 1. The first-order valence-corrected chi connectivity index (χ1v) is 8.78. The molecule has 0 aromatic heterocycles. The highest BCUT2D eigenvalue weighted by atomic mass is 16.6. The van der Waals surface area contributed by atoms with Gasteiger partial charge in [0.25, 0.3) is 0 Å². The normalized spacial score (nSPS) is 15.1. The average Bonchev–Trinajstić information content (AvgIpc) is 3.31. The molecule has 0 bridgehead atoms. The highest BCUT2D eigenvalue weighted by molar-refractivity contribution is 5.79. The fourth-order valence-electron chi connectivity index (χ4n) is 1.91. The van der Waals surface area contributed by atoms with E-state index < -0.39 is 5.60 Å². The second-order valence-electron chi connectivity index (χ2n) is 7.20. The molecule has 2 N–H and O–H groups in total. The van der Waals surface area contributed by atoms with Crippen molar-refractivity contribution in [2.45, 2.75) is 45.6 Å². The maximum absolute atomic E-state index is 11.8. The molecule has 1 fully saturated rings. The van der Waals surface area contributed by atoms with Crippen LogP contribution in [0.5, 0.6) is 0 Å². The monoisotopic (exact) mass is 342 g/mol. The summed E-state index contributed by atoms with van der Waals surface area (Å²) in [5.74, 6) is 1.55. The van der Waals surface area contributed by atoms with Crippen molar-refractivity contribution in [3.8, 4) is 0 Å². The molecule has 1 amide bonds. The predicted octanol–water partition coefficient (Wildman–Crippen LogP) is 1.83. The van der Waals surface area contributed by atoms with Gasteiger partial charge in [-0.2, -0.15) is 0 Å². The van der Waals surface area contributed by atoms with Crippen LogP contribution in [-0.4, -0.2) is 69.5 Å². The minimum atomic E-state index is -0.474. The fraction of sp³-hybridized carbons (Fsp3) is 0.882. The molecule has 0 atom stereocenters. The minimum absolute atomic E-state index is 0.319. The molecule has 1 aliphatic carbocycles. The number of nitrogens with zero attached hydrogens (tertiary/aromatic N) is 2. The van der Waals surface area contributed by atoms with Crippen LogP contribution in [0.25, 0.3) is 0 Å². The maximum atomic E-state index is 11.8. The zero-order chi connectivity index (χ0) is 18.0. The molecule has 1 saturated carbocycles. The van der Waals surface area contributed by atoms with Crippen molar-refractivity contribution < 1.29 is 14.3 Å². The van der Waals surface area contributed by atoms with Crippen LogP contribution in [0.3, 0.4) is 0 Å². The van der Waals surface area contributed by atoms with Gasteiger partial charge in [0.15, 0.2) is 5.96 Å². The summed E-state index contributed by atoms with van der Waals surface area (Å²) in [5.41, 5.74) is -0.474. The number of rotatable bonds is 9. The van der Waals surface area contributed by atoms with E-state index >= 15 is 0 Å². The van der Waals surface area contributed by atoms with Gasteiger partial charge in [-0.15, -0.1) is 0 Å². The Labute approximate surface area is 146 Å². The fourth-order valence-corrected chi connectivity index (χ4v) is 1.91. The van der Waals surface area contributed by atoms with E-state index in [0.717, 1.165) is 38.1 Å². The molecule has 7 heteroatoms. The van der Waals surface area contributed by atoms with Gasteiger partial charge >= 0.3 is 6.09 Å². The van der Waals surface area contributed by atoms with Crippen molar-refractivity contribution in [3.63, 3.8) is 0 Å². The second-order valence-corrected chi connectivity index (χ2v) is 7.20. The van der Waals surface area contributed by atoms with E-state index in [1.54, 1.807) is 19.0 Å². The van der Waals surface area contributed by atoms with Crippen molar-refractivity contribution in [1.82, 2.24) is 15.5 Å². The molecule has 24 heavy (non-hydrogen) atoms. The lowest BCUT2D eigenvalue weighted by Gasteiger charge is -2.24. The van der Waals surface area contributed by atoms with Gasteiger partial charge in [-0.1, -0.05) is 0 Å². The summed E-state index contributed by atoms with van der Waals surface area (Å²) in [6.07, 6.45) is 3.28. The Morgan fingerprint density at radius 2 is 1.92 bits per heavy atom. The van der Waals surface area contributed by atoms with Crippen LogP contribution >= 0.6 is 0 Å². The minimum Gasteiger partial charge on any atom is -0.444 e. The summed E-state index contributed by atoms with van der Waals surface area (Å²) in [6, 6.07) is 0. The van der Waals surface area contributed by atoms with E-state index in [-0.39, 0.29) is 6.09 Å². The molecule has 0 aliphatic heterocycles. The van der Waals surface area contributed by atoms with Gasteiger partial charge in [0.2, 0.25) is 0 Å². The lowest BCUT2D eigenvalue weighted by Crippen LogP contribution is -2.43. The summed E-state index contributed by atoms with van der Waals surface area (Å²) in [7, 11) is 3.46. The number of aliphatic imine (C=N–C) groups is 1. The molecular formula is C17H34N4O3. The summed E-state index contributed by atoms with van der Waals surface area (Å²) in [6.45, 7) is 9.22. The third-order valence-electron chi connectivity index (χ3n) is 3.48. The number of nitrogens with one attached hydrogen (secondary N) is 2. The van der Waals surface area contributed by atoms with Crippen molar-refractivity contribution in [2.24, 2.45) is 10.9 Å². The molecule has 0 aromatic carbocycles. The number of ether oxygens (including phenoxy) is 2. The van der Waals surface area contributed by atoms with Crippen molar-refractivity contribution in [2.75, 3.05) is 46.9 Å². The molecule has 0 radical (unpaired) electrons. The molecule has 1 rings (SSSR count). The second kappa shape index (κ2) is 10.4. The SMILES string of the molecule is CN=C(NCCCOCC1CC1)NCCN(C)C(=O)OC(C)(C)C. The van der Waals surface area contributed by atoms with Gasteiger partial charge in [0, 0.05) is 46.9 Å². The predicted molar refractivity (Wildman–Crippen MR) is 96.4 cm³/mol. The number of hydrogen-bond donors (Lipinski definition) is 2. The van der Waals surface area contributed by atoms with Gasteiger partial charge in [-0.05, 0) is 46.0 Å². The number of amides is 1. The summed E-state index contributed by atoms with van der Waals surface area (Å²) < 4.78 is 10.9. The molecule has 1 aliphatic rings. The number of hydrogen-bond acceptors (Lipinski definition) is 4. The molecule has 7 nitrogen and oxygen atoms in total. The Morgan fingerprint density at radius 1 is 1.25 bits per heavy atom. The molecule has 0 aromatic rings. The Balaban J connectivity index is 2.06. The standard InChI is InChI=1S/C17H34N4O3/c1-17(2,3)24-16(22)21(5)11-10-20-15(18-4)19-9-6-12-23-13-14-7-8-14/h14H,6-13H2,1-5H3,(H2,18,19,20). The molecular weight excluding hydrogens is 308 g/mol. The summed E-state index contributed by atoms with van der Waals surface area (Å²) in [5, 5.41) is 6.42. The third-order valence-corrected chi connectivity index (χ3v) is 3.48. The van der Waals surface area contributed by atoms with E-state index in [1.807, 2.05) is 20.8 Å². The van der Waals surface area contributed by atoms with Crippen LogP contribution in [0.4, 0.5) is 4.79 Å². The average molecular weight is 342 g/mol. The van der Waals surface area contributed by atoms with E-state index in [9.17, 15) is 4.79 Å². The summed E-state index contributed by atoms with van der Waals surface area (Å²) in [4.78, 5) is 17.6. The van der Waals surface area contributed by atoms with Crippen LogP contribution in [0.2, 0.25) is 0 Å². The van der Waals surface area contributed by atoms with Gasteiger partial charge in [0.1, 0.15) is 5.60 Å². The van der Waals surface area contributed by atoms with Gasteiger partial charge in [-0.3, -0.25) is 4.99 Å². The van der Waals surface area contributed by atoms with Crippen LogP contribution in [-0.2, 0) is 9.47 Å². The molecule has 0 spiro atoms. The molecule has 0 heterocycles. The first kappa shape index (κ1) is 20.5. The highest BCUT2D eigenvalue weighted by Gasteiger charge is 2.21. The van der Waals surface area contributed by atoms with Crippen molar-refractivity contribution in [1.29, 1.82) is 0 Å². The lowest BCUT2D eigenvalue weighted by molar-refractivity contribution is 0.0302. The molecule has 0 unspecified atom stereocenters. The Kier molecular flexibility index (Phi) is 8.89. The number of likely N-dealkylation sites (N-methyl/N-ethyl adjacent to an activating group) is 1. The van der Waals surface area contributed by atoms with Gasteiger partial charge in [0.05, 0.1) is 0 Å². The molecule has 140 valence electrons. The Bertz CT molecular complexity index is 403. The largest absolute Gasteiger partial charge is 0.444 e. The van der Waals surface area contributed by atoms with E-state index in [2.05, 4.69) is 15.6 Å². The maximum Gasteiger partial charge on any atom is 0.410 e. The topological polar surface area (TPSA) is 75.2 Å². The van der Waals surface area contributed by atoms with Gasteiger partial charge in [-0.25, -0.2) is 4.79 Å². The van der Waals surface area contributed by atoms with Gasteiger partial charge < -0.3 is 25.0 Å². The van der Waals surface area contributed by atoms with Crippen molar-refractivity contribution in [3.05, 3.63) is 0 Å². The van der Waals surface area contributed by atoms with E-state index in [0.29, 0.717) is 13.1 Å². The Hall–Kier alpha value is -1.50. The molecule has 0 saturated heterocycles. The summed E-state index contributed by atoms with van der Waals surface area (Å²) >= 11 is 0. The van der Waals surface area contributed by atoms with Crippen LogP contribution in [0, 0.1) is 5.92 Å². The smallest absolute Gasteiger partial charge is 0.410 e. The number of carbonyl (C=O) groups is 1. The first-order chi connectivity index (χ1) is 11.3. The zero-order valence-corrected chi connectivity index (χ0v) is 15.9. The zero-order valence-electron chi connectivity index (χ0n) is 15.9. The van der Waals surface area contributed by atoms with E-state index in [4.69, 9.17) is 9.47 Å². The van der Waals surface area contributed by atoms with E-state index in [1.165, 1.54) is 12.8 Å². The number of carbonyl (C=O) groups excluding carboxylic acids is 1. The Morgan fingerprint density at radius 3 is 2.50 bits per heavy atom. The van der Waals surface area contributed by atoms with Crippen LogP contribution in [0.1, 0.15) is 40.0 Å². The third kappa shape index (κ3) is 10.3. The van der Waals surface area contributed by atoms with Crippen LogP contribution in [0.15, 0.2) is 4.99 Å². The van der Waals surface area contributed by atoms with Crippen LogP contribution < -0.4 is 10.6 Å². The first-order valence-electron chi connectivity index (χ1n) is 8.78. The highest BCUT2D eigenvalue weighted by Crippen LogP contribution is 2.28. The van der Waals surface area contributed by atoms with Crippen molar-refractivity contribution >= 4 is 12.1 Å². The quantitative estimate of drug-likeness (QED) is 0.380. The lowest BCUT2D eigenvalue weighted by atomic mass is 10.2.